The minimum absolute atomic E-state index is 0.0306. The summed E-state index contributed by atoms with van der Waals surface area (Å²) in [5, 5.41) is 12.9. The largest absolute Gasteiger partial charge is 0.481 e. The van der Waals surface area contributed by atoms with Gasteiger partial charge in [-0.1, -0.05) is 0 Å². The molecule has 1 atom stereocenters. The van der Waals surface area contributed by atoms with Gasteiger partial charge < -0.3 is 5.11 Å². The lowest BCUT2D eigenvalue weighted by atomic mass is 10.0. The second kappa shape index (κ2) is 4.69. The molecule has 1 aromatic heterocycles. The number of aryl methyl sites for hydroxylation is 1. The highest BCUT2D eigenvalue weighted by atomic mass is 32.2. The Balaban J connectivity index is 2.26. The second-order valence-corrected chi connectivity index (χ2v) is 6.22. The van der Waals surface area contributed by atoms with Gasteiger partial charge in [0.2, 0.25) is 0 Å². The summed E-state index contributed by atoms with van der Waals surface area (Å²) in [5.41, 5.74) is 0. The molecule has 100 valence electrons. The highest BCUT2D eigenvalue weighted by molar-refractivity contribution is 7.89. The van der Waals surface area contributed by atoms with Gasteiger partial charge >= 0.3 is 5.97 Å². The third-order valence-corrected chi connectivity index (χ3v) is 5.05. The van der Waals surface area contributed by atoms with Gasteiger partial charge in [0.15, 0.2) is 5.03 Å². The molecule has 8 heteroatoms. The first kappa shape index (κ1) is 13.0. The first-order chi connectivity index (χ1) is 8.43. The van der Waals surface area contributed by atoms with Crippen molar-refractivity contribution in [2.45, 2.75) is 17.9 Å². The summed E-state index contributed by atoms with van der Waals surface area (Å²) in [6.07, 6.45) is 2.49. The minimum atomic E-state index is -3.65. The van der Waals surface area contributed by atoms with Crippen molar-refractivity contribution in [1.29, 1.82) is 0 Å². The van der Waals surface area contributed by atoms with Crippen molar-refractivity contribution >= 4 is 16.0 Å². The second-order valence-electron chi connectivity index (χ2n) is 4.33. The van der Waals surface area contributed by atoms with E-state index in [9.17, 15) is 13.2 Å². The molecule has 18 heavy (non-hydrogen) atoms. The number of rotatable bonds is 3. The molecule has 2 rings (SSSR count). The molecular formula is C10H15N3O4S. The summed E-state index contributed by atoms with van der Waals surface area (Å²) in [7, 11) is -2.10. The first-order valence-corrected chi connectivity index (χ1v) is 7.08. The van der Waals surface area contributed by atoms with E-state index in [1.54, 1.807) is 7.05 Å². The Bertz CT molecular complexity index is 551. The van der Waals surface area contributed by atoms with Crippen LogP contribution in [-0.2, 0) is 21.9 Å². The maximum Gasteiger partial charge on any atom is 0.307 e. The number of hydrogen-bond donors (Lipinski definition) is 1. The highest BCUT2D eigenvalue weighted by Crippen LogP contribution is 2.23. The zero-order valence-corrected chi connectivity index (χ0v) is 10.8. The number of aliphatic carboxylic acids is 1. The van der Waals surface area contributed by atoms with Gasteiger partial charge in [-0.2, -0.15) is 9.40 Å². The maximum absolute atomic E-state index is 12.3. The number of carboxylic acids is 1. The van der Waals surface area contributed by atoms with E-state index in [4.69, 9.17) is 5.11 Å². The van der Waals surface area contributed by atoms with Crippen LogP contribution in [0, 0.1) is 5.92 Å². The van der Waals surface area contributed by atoms with Gasteiger partial charge in [-0.15, -0.1) is 0 Å². The molecular weight excluding hydrogens is 258 g/mol. The van der Waals surface area contributed by atoms with Crippen molar-refractivity contribution in [3.63, 3.8) is 0 Å². The molecule has 1 aliphatic heterocycles. The van der Waals surface area contributed by atoms with Gasteiger partial charge in [-0.05, 0) is 18.9 Å². The Morgan fingerprint density at radius 1 is 1.56 bits per heavy atom. The first-order valence-electron chi connectivity index (χ1n) is 5.64. The van der Waals surface area contributed by atoms with Gasteiger partial charge in [-0.3, -0.25) is 9.48 Å². The van der Waals surface area contributed by atoms with E-state index in [1.165, 1.54) is 21.3 Å². The van der Waals surface area contributed by atoms with E-state index in [1.807, 2.05) is 0 Å². The molecule has 0 saturated carbocycles. The average molecular weight is 273 g/mol. The van der Waals surface area contributed by atoms with Crippen LogP contribution in [-0.4, -0.2) is 46.7 Å². The zero-order valence-electron chi connectivity index (χ0n) is 9.98. The van der Waals surface area contributed by atoms with Crippen LogP contribution >= 0.6 is 0 Å². The maximum atomic E-state index is 12.3. The molecule has 2 heterocycles. The number of aromatic nitrogens is 2. The van der Waals surface area contributed by atoms with Gasteiger partial charge in [-0.25, -0.2) is 8.42 Å². The lowest BCUT2D eigenvalue weighted by Gasteiger charge is -2.29. The van der Waals surface area contributed by atoms with Crippen LogP contribution in [0.3, 0.4) is 0 Å². The predicted molar refractivity (Wildman–Crippen MR) is 62.3 cm³/mol. The van der Waals surface area contributed by atoms with Crippen molar-refractivity contribution < 1.29 is 18.3 Å². The molecule has 1 aliphatic rings. The van der Waals surface area contributed by atoms with E-state index in [2.05, 4.69) is 5.10 Å². The standard InChI is InChI=1S/C10H15N3O4S/c1-12-9(4-5-11-12)18(16,17)13-6-2-3-8(7-13)10(14)15/h4-5,8H,2-3,6-7H2,1H3,(H,14,15). The monoisotopic (exact) mass is 273 g/mol. The summed E-state index contributed by atoms with van der Waals surface area (Å²) in [6, 6.07) is 1.42. The minimum Gasteiger partial charge on any atom is -0.481 e. The van der Waals surface area contributed by atoms with Crippen molar-refractivity contribution in [1.82, 2.24) is 14.1 Å². The zero-order chi connectivity index (χ0) is 13.3. The quantitative estimate of drug-likeness (QED) is 0.830. The third kappa shape index (κ3) is 2.25. The summed E-state index contributed by atoms with van der Waals surface area (Å²) in [5.74, 6) is -1.57. The fraction of sp³-hybridized carbons (Fsp3) is 0.600. The number of carbonyl (C=O) groups is 1. The van der Waals surface area contributed by atoms with Crippen LogP contribution in [0.4, 0.5) is 0 Å². The third-order valence-electron chi connectivity index (χ3n) is 3.11. The smallest absolute Gasteiger partial charge is 0.307 e. The Labute approximate surface area is 105 Å². The summed E-state index contributed by atoms with van der Waals surface area (Å²) < 4.78 is 27.1. The van der Waals surface area contributed by atoms with Crippen LogP contribution in [0.1, 0.15) is 12.8 Å². The van der Waals surface area contributed by atoms with Gasteiger partial charge in [0.25, 0.3) is 10.0 Å². The molecule has 1 aromatic rings. The molecule has 1 saturated heterocycles. The molecule has 1 unspecified atom stereocenters. The molecule has 1 N–H and O–H groups in total. The summed E-state index contributed by atoms with van der Waals surface area (Å²) in [6.45, 7) is 0.389. The number of sulfonamides is 1. The van der Waals surface area contributed by atoms with E-state index >= 15 is 0 Å². The van der Waals surface area contributed by atoms with Crippen molar-refractivity contribution in [3.05, 3.63) is 12.3 Å². The topological polar surface area (TPSA) is 92.5 Å². The Morgan fingerprint density at radius 3 is 2.83 bits per heavy atom. The molecule has 0 radical (unpaired) electrons. The van der Waals surface area contributed by atoms with Gasteiger partial charge in [0.05, 0.1) is 12.1 Å². The SMILES string of the molecule is Cn1nccc1S(=O)(=O)N1CCCC(C(=O)O)C1. The highest BCUT2D eigenvalue weighted by Gasteiger charge is 2.34. The van der Waals surface area contributed by atoms with Crippen molar-refractivity contribution in [3.8, 4) is 0 Å². The molecule has 0 amide bonds. The fourth-order valence-corrected chi connectivity index (χ4v) is 3.73. The van der Waals surface area contributed by atoms with Crippen LogP contribution in [0.5, 0.6) is 0 Å². The van der Waals surface area contributed by atoms with Gasteiger partial charge in [0, 0.05) is 20.1 Å². The van der Waals surface area contributed by atoms with Crippen LogP contribution in [0.2, 0.25) is 0 Å². The Morgan fingerprint density at radius 2 is 2.28 bits per heavy atom. The number of nitrogens with zero attached hydrogens (tertiary/aromatic N) is 3. The molecule has 7 nitrogen and oxygen atoms in total. The number of hydrogen-bond acceptors (Lipinski definition) is 4. The summed E-state index contributed by atoms with van der Waals surface area (Å²) in [4.78, 5) is 10.9. The molecule has 0 aromatic carbocycles. The lowest BCUT2D eigenvalue weighted by molar-refractivity contribution is -0.142. The number of piperidine rings is 1. The van der Waals surface area contributed by atoms with Crippen LogP contribution < -0.4 is 0 Å². The summed E-state index contributed by atoms with van der Waals surface area (Å²) >= 11 is 0. The van der Waals surface area contributed by atoms with Crippen LogP contribution in [0.25, 0.3) is 0 Å². The Hall–Kier alpha value is -1.41. The van der Waals surface area contributed by atoms with E-state index < -0.39 is 21.9 Å². The normalized spacial score (nSPS) is 21.9. The Kier molecular flexibility index (Phi) is 3.40. The number of carboxylic acid groups (broad SMARTS) is 1. The van der Waals surface area contributed by atoms with Crippen molar-refractivity contribution in [2.75, 3.05) is 13.1 Å². The van der Waals surface area contributed by atoms with E-state index in [0.29, 0.717) is 19.4 Å². The van der Waals surface area contributed by atoms with E-state index in [0.717, 1.165) is 0 Å². The molecule has 0 spiro atoms. The lowest BCUT2D eigenvalue weighted by Crippen LogP contribution is -2.42. The van der Waals surface area contributed by atoms with E-state index in [-0.39, 0.29) is 11.6 Å². The fourth-order valence-electron chi connectivity index (χ4n) is 2.11. The predicted octanol–water partition coefficient (Wildman–Crippen LogP) is -0.0946. The molecule has 1 fully saturated rings. The molecule has 0 aliphatic carbocycles. The van der Waals surface area contributed by atoms with Crippen molar-refractivity contribution in [2.24, 2.45) is 13.0 Å². The average Bonchev–Trinajstić information content (AvgIpc) is 2.76. The van der Waals surface area contributed by atoms with Crippen LogP contribution in [0.15, 0.2) is 17.3 Å². The molecule has 0 bridgehead atoms. The van der Waals surface area contributed by atoms with Gasteiger partial charge in [0.1, 0.15) is 0 Å².